The van der Waals surface area contributed by atoms with Gasteiger partial charge in [-0.05, 0) is 74.7 Å². The lowest BCUT2D eigenvalue weighted by Gasteiger charge is -2.46. The van der Waals surface area contributed by atoms with Gasteiger partial charge in [0.1, 0.15) is 5.82 Å². The number of halogens is 7. The SMILES string of the molecule is Cc1cc([C@@H]2CN(C3CCNCC3)CC[C@H]2N(C)C(=O)c2cc(C(F)(F)F)cc(C(F)(F)F)c2)ccc1F. The smallest absolute Gasteiger partial charge is 0.338 e. The number of hydrogen-bond acceptors (Lipinski definition) is 3. The first-order valence-corrected chi connectivity index (χ1v) is 12.5. The Morgan fingerprint density at radius 3 is 2.11 bits per heavy atom. The predicted octanol–water partition coefficient (Wildman–Crippen LogP) is 5.85. The molecule has 2 aromatic rings. The Labute approximate surface area is 216 Å². The van der Waals surface area contributed by atoms with E-state index in [4.69, 9.17) is 0 Å². The molecule has 0 radical (unpaired) electrons. The second-order valence-corrected chi connectivity index (χ2v) is 10.2. The maximum Gasteiger partial charge on any atom is 0.416 e. The lowest BCUT2D eigenvalue weighted by molar-refractivity contribution is -0.143. The fraction of sp³-hybridized carbons (Fsp3) is 0.519. The zero-order valence-electron chi connectivity index (χ0n) is 21.1. The highest BCUT2D eigenvalue weighted by Gasteiger charge is 2.40. The zero-order valence-corrected chi connectivity index (χ0v) is 21.1. The van der Waals surface area contributed by atoms with Crippen LogP contribution >= 0.6 is 0 Å². The molecule has 0 aromatic heterocycles. The van der Waals surface area contributed by atoms with Gasteiger partial charge in [0.2, 0.25) is 0 Å². The van der Waals surface area contributed by atoms with Crippen molar-refractivity contribution in [3.63, 3.8) is 0 Å². The van der Waals surface area contributed by atoms with Crippen LogP contribution in [-0.4, -0.2) is 61.0 Å². The molecule has 2 aromatic carbocycles. The minimum absolute atomic E-state index is 0.0123. The summed E-state index contributed by atoms with van der Waals surface area (Å²) in [6.45, 7) is 4.53. The van der Waals surface area contributed by atoms with E-state index in [1.165, 1.54) is 18.0 Å². The normalized spacial score (nSPS) is 21.9. The second kappa shape index (κ2) is 10.8. The van der Waals surface area contributed by atoms with Gasteiger partial charge in [-0.25, -0.2) is 4.39 Å². The number of piperidine rings is 2. The summed E-state index contributed by atoms with van der Waals surface area (Å²) >= 11 is 0. The van der Waals surface area contributed by atoms with Gasteiger partial charge in [0, 0.05) is 43.7 Å². The summed E-state index contributed by atoms with van der Waals surface area (Å²) in [6, 6.07) is 5.44. The van der Waals surface area contributed by atoms with Crippen LogP contribution in [0, 0.1) is 12.7 Å². The van der Waals surface area contributed by atoms with Crippen LogP contribution < -0.4 is 5.32 Å². The second-order valence-electron chi connectivity index (χ2n) is 10.2. The van der Waals surface area contributed by atoms with Crippen LogP contribution in [0.2, 0.25) is 0 Å². The van der Waals surface area contributed by atoms with E-state index in [2.05, 4.69) is 10.2 Å². The third-order valence-electron chi connectivity index (χ3n) is 7.70. The van der Waals surface area contributed by atoms with Crippen molar-refractivity contribution in [2.75, 3.05) is 33.2 Å². The summed E-state index contributed by atoms with van der Waals surface area (Å²) in [4.78, 5) is 17.0. The molecule has 1 N–H and O–H groups in total. The van der Waals surface area contributed by atoms with E-state index < -0.39 is 41.0 Å². The molecule has 2 atom stereocenters. The van der Waals surface area contributed by atoms with Crippen LogP contribution in [-0.2, 0) is 12.4 Å². The van der Waals surface area contributed by atoms with Crippen LogP contribution in [0.25, 0.3) is 0 Å². The number of rotatable bonds is 4. The molecule has 1 amide bonds. The molecule has 38 heavy (non-hydrogen) atoms. The van der Waals surface area contributed by atoms with Crippen LogP contribution in [0.15, 0.2) is 36.4 Å². The number of aryl methyl sites for hydroxylation is 1. The first kappa shape index (κ1) is 28.4. The average molecular weight is 546 g/mol. The zero-order chi connectivity index (χ0) is 27.8. The van der Waals surface area contributed by atoms with E-state index in [1.807, 2.05) is 0 Å². The van der Waals surface area contributed by atoms with E-state index >= 15 is 0 Å². The summed E-state index contributed by atoms with van der Waals surface area (Å²) in [5.41, 5.74) is -2.55. The van der Waals surface area contributed by atoms with Crippen molar-refractivity contribution < 1.29 is 35.5 Å². The van der Waals surface area contributed by atoms with Crippen LogP contribution in [0.4, 0.5) is 30.7 Å². The number of carbonyl (C=O) groups excluding carboxylic acids is 1. The van der Waals surface area contributed by atoms with E-state index in [9.17, 15) is 35.5 Å². The molecule has 2 heterocycles. The number of carbonyl (C=O) groups is 1. The summed E-state index contributed by atoms with van der Waals surface area (Å²) in [5.74, 6) is -1.62. The molecule has 2 fully saturated rings. The standard InChI is InChI=1S/C27H30F7N3O/c1-16-11-17(3-4-23(16)28)22-15-37(21-5-8-35-9-6-21)10-7-24(22)36(2)25(38)18-12-19(26(29,30)31)14-20(13-18)27(32,33)34/h3-4,11-14,21-22,24,35H,5-10,15H2,1-2H3/t22-,24+/m0/s1. The Bertz CT molecular complexity index is 1130. The van der Waals surface area contributed by atoms with Crippen molar-refractivity contribution in [3.8, 4) is 0 Å². The van der Waals surface area contributed by atoms with Crippen molar-refractivity contribution in [1.29, 1.82) is 0 Å². The van der Waals surface area contributed by atoms with E-state index in [0.29, 0.717) is 43.2 Å². The topological polar surface area (TPSA) is 35.6 Å². The molecule has 11 heteroatoms. The summed E-state index contributed by atoms with van der Waals surface area (Å²) < 4.78 is 94.4. The number of alkyl halides is 6. The number of amides is 1. The molecule has 4 nitrogen and oxygen atoms in total. The van der Waals surface area contributed by atoms with Gasteiger partial charge in [-0.1, -0.05) is 12.1 Å². The van der Waals surface area contributed by atoms with Crippen molar-refractivity contribution in [2.45, 2.75) is 56.5 Å². The highest BCUT2D eigenvalue weighted by molar-refractivity contribution is 5.95. The minimum atomic E-state index is -5.05. The molecule has 2 aliphatic heterocycles. The Morgan fingerprint density at radius 1 is 0.947 bits per heavy atom. The molecule has 0 bridgehead atoms. The van der Waals surface area contributed by atoms with Gasteiger partial charge in [-0.3, -0.25) is 9.69 Å². The summed E-state index contributed by atoms with van der Waals surface area (Å²) in [5, 5.41) is 3.32. The fourth-order valence-electron chi connectivity index (χ4n) is 5.59. The van der Waals surface area contributed by atoms with Gasteiger partial charge < -0.3 is 10.2 Å². The molecule has 208 valence electrons. The Kier molecular flexibility index (Phi) is 8.09. The first-order valence-electron chi connectivity index (χ1n) is 12.5. The molecular formula is C27H30F7N3O. The molecule has 4 rings (SSSR count). The summed E-state index contributed by atoms with van der Waals surface area (Å²) in [7, 11) is 1.41. The third-order valence-corrected chi connectivity index (χ3v) is 7.70. The third kappa shape index (κ3) is 6.14. The van der Waals surface area contributed by atoms with Gasteiger partial charge in [0.25, 0.3) is 5.91 Å². The Morgan fingerprint density at radius 2 is 1.55 bits per heavy atom. The van der Waals surface area contributed by atoms with Crippen molar-refractivity contribution in [1.82, 2.24) is 15.1 Å². The Balaban J connectivity index is 1.68. The van der Waals surface area contributed by atoms with E-state index in [1.54, 1.807) is 19.1 Å². The molecule has 0 saturated carbocycles. The van der Waals surface area contributed by atoms with Crippen LogP contribution in [0.1, 0.15) is 57.8 Å². The largest absolute Gasteiger partial charge is 0.416 e. The molecule has 0 spiro atoms. The molecule has 2 aliphatic rings. The lowest BCUT2D eigenvalue weighted by atomic mass is 9.83. The lowest BCUT2D eigenvalue weighted by Crippen LogP contribution is -2.54. The Hall–Kier alpha value is -2.66. The maximum atomic E-state index is 14.0. The highest BCUT2D eigenvalue weighted by Crippen LogP contribution is 2.38. The number of nitrogens with zero attached hydrogens (tertiary/aromatic N) is 2. The highest BCUT2D eigenvalue weighted by atomic mass is 19.4. The van der Waals surface area contributed by atoms with E-state index in [0.717, 1.165) is 31.5 Å². The van der Waals surface area contributed by atoms with Crippen molar-refractivity contribution in [2.24, 2.45) is 0 Å². The monoisotopic (exact) mass is 545 g/mol. The number of benzene rings is 2. The van der Waals surface area contributed by atoms with Crippen LogP contribution in [0.5, 0.6) is 0 Å². The quantitative estimate of drug-likeness (QED) is 0.490. The van der Waals surface area contributed by atoms with Gasteiger partial charge in [0.15, 0.2) is 0 Å². The van der Waals surface area contributed by atoms with Crippen molar-refractivity contribution >= 4 is 5.91 Å². The maximum absolute atomic E-state index is 14.0. The minimum Gasteiger partial charge on any atom is -0.338 e. The van der Waals surface area contributed by atoms with Crippen molar-refractivity contribution in [3.05, 3.63) is 70.0 Å². The molecule has 2 saturated heterocycles. The number of hydrogen-bond donors (Lipinski definition) is 1. The van der Waals surface area contributed by atoms with Crippen LogP contribution in [0.3, 0.4) is 0 Å². The number of likely N-dealkylation sites (tertiary alicyclic amines) is 1. The predicted molar refractivity (Wildman–Crippen MR) is 128 cm³/mol. The molecule has 0 unspecified atom stereocenters. The van der Waals surface area contributed by atoms with E-state index in [-0.39, 0.29) is 17.8 Å². The average Bonchev–Trinajstić information content (AvgIpc) is 2.88. The first-order chi connectivity index (χ1) is 17.8. The number of likely N-dealkylation sites (N-methyl/N-ethyl adjacent to an activating group) is 1. The number of nitrogens with one attached hydrogen (secondary N) is 1. The van der Waals surface area contributed by atoms with Gasteiger partial charge in [-0.15, -0.1) is 0 Å². The van der Waals surface area contributed by atoms with Gasteiger partial charge in [-0.2, -0.15) is 26.3 Å². The van der Waals surface area contributed by atoms with Gasteiger partial charge in [0.05, 0.1) is 11.1 Å². The summed E-state index contributed by atoms with van der Waals surface area (Å²) in [6.07, 6.45) is -7.75. The van der Waals surface area contributed by atoms with Gasteiger partial charge >= 0.3 is 12.4 Å². The molecular weight excluding hydrogens is 515 g/mol. The fourth-order valence-corrected chi connectivity index (χ4v) is 5.59. The molecule has 0 aliphatic carbocycles.